The highest BCUT2D eigenvalue weighted by molar-refractivity contribution is 5.76. The lowest BCUT2D eigenvalue weighted by molar-refractivity contribution is -0.134. The number of likely N-dealkylation sites (N-methyl/N-ethyl adjacent to an activating group) is 1. The maximum Gasteiger partial charge on any atom is 0.222 e. The van der Waals surface area contributed by atoms with Crippen molar-refractivity contribution in [1.82, 2.24) is 4.90 Å². The molecule has 4 nitrogen and oxygen atoms in total. The van der Waals surface area contributed by atoms with Gasteiger partial charge in [0.05, 0.1) is 6.04 Å². The SMILES string of the molecule is CCC(=O)N(CC)C(CC(C)(C)N)C(C)(C)N. The van der Waals surface area contributed by atoms with Gasteiger partial charge in [-0.15, -0.1) is 0 Å². The minimum absolute atomic E-state index is 0.0278. The van der Waals surface area contributed by atoms with Crippen molar-refractivity contribution in [1.29, 1.82) is 0 Å². The molecule has 0 aliphatic heterocycles. The smallest absolute Gasteiger partial charge is 0.222 e. The van der Waals surface area contributed by atoms with Crippen molar-refractivity contribution < 1.29 is 4.79 Å². The first-order valence-corrected chi connectivity index (χ1v) is 6.40. The van der Waals surface area contributed by atoms with Crippen LogP contribution in [-0.2, 0) is 4.79 Å². The van der Waals surface area contributed by atoms with Crippen LogP contribution in [0.2, 0.25) is 0 Å². The zero-order valence-corrected chi connectivity index (χ0v) is 12.2. The lowest BCUT2D eigenvalue weighted by Gasteiger charge is -2.42. The number of amides is 1. The van der Waals surface area contributed by atoms with Gasteiger partial charge >= 0.3 is 0 Å². The first-order valence-electron chi connectivity index (χ1n) is 6.40. The lowest BCUT2D eigenvalue weighted by Crippen LogP contribution is -2.59. The van der Waals surface area contributed by atoms with E-state index >= 15 is 0 Å². The third-order valence-electron chi connectivity index (χ3n) is 2.92. The van der Waals surface area contributed by atoms with Crippen LogP contribution >= 0.6 is 0 Å². The van der Waals surface area contributed by atoms with Gasteiger partial charge in [0.1, 0.15) is 0 Å². The summed E-state index contributed by atoms with van der Waals surface area (Å²) in [5, 5.41) is 0. The van der Waals surface area contributed by atoms with Crippen molar-refractivity contribution in [2.45, 2.75) is 71.5 Å². The van der Waals surface area contributed by atoms with E-state index in [1.54, 1.807) is 0 Å². The molecule has 17 heavy (non-hydrogen) atoms. The van der Waals surface area contributed by atoms with E-state index in [0.717, 1.165) is 0 Å². The van der Waals surface area contributed by atoms with Crippen LogP contribution in [0.25, 0.3) is 0 Å². The molecule has 0 aromatic rings. The van der Waals surface area contributed by atoms with Crippen LogP contribution in [-0.4, -0.2) is 34.5 Å². The fraction of sp³-hybridized carbons (Fsp3) is 0.923. The monoisotopic (exact) mass is 243 g/mol. The molecule has 0 rings (SSSR count). The summed E-state index contributed by atoms with van der Waals surface area (Å²) in [7, 11) is 0. The Morgan fingerprint density at radius 2 is 1.65 bits per heavy atom. The van der Waals surface area contributed by atoms with Crippen molar-refractivity contribution in [3.8, 4) is 0 Å². The summed E-state index contributed by atoms with van der Waals surface area (Å²) in [5.41, 5.74) is 11.5. The summed E-state index contributed by atoms with van der Waals surface area (Å²) >= 11 is 0. The molecule has 4 heteroatoms. The maximum absolute atomic E-state index is 11.9. The van der Waals surface area contributed by atoms with E-state index in [0.29, 0.717) is 19.4 Å². The number of carbonyl (C=O) groups excluding carboxylic acids is 1. The van der Waals surface area contributed by atoms with Crippen molar-refractivity contribution >= 4 is 5.91 Å². The molecule has 0 aromatic heterocycles. The van der Waals surface area contributed by atoms with Crippen LogP contribution in [0.15, 0.2) is 0 Å². The molecule has 0 radical (unpaired) electrons. The lowest BCUT2D eigenvalue weighted by atomic mass is 9.84. The molecular weight excluding hydrogens is 214 g/mol. The van der Waals surface area contributed by atoms with Crippen molar-refractivity contribution in [2.75, 3.05) is 6.54 Å². The molecule has 0 saturated carbocycles. The van der Waals surface area contributed by atoms with Crippen LogP contribution < -0.4 is 11.5 Å². The first-order chi connectivity index (χ1) is 7.53. The largest absolute Gasteiger partial charge is 0.338 e. The third-order valence-corrected chi connectivity index (χ3v) is 2.92. The van der Waals surface area contributed by atoms with E-state index in [4.69, 9.17) is 11.5 Å². The molecule has 0 aliphatic carbocycles. The minimum atomic E-state index is -0.447. The number of hydrogen-bond acceptors (Lipinski definition) is 3. The molecule has 102 valence electrons. The second-order valence-electron chi connectivity index (χ2n) is 6.06. The Labute approximate surface area is 106 Å². The van der Waals surface area contributed by atoms with Crippen molar-refractivity contribution in [2.24, 2.45) is 11.5 Å². The van der Waals surface area contributed by atoms with E-state index in [1.807, 2.05) is 46.4 Å². The van der Waals surface area contributed by atoms with Crippen LogP contribution in [0, 0.1) is 0 Å². The van der Waals surface area contributed by atoms with Gasteiger partial charge in [-0.3, -0.25) is 4.79 Å². The Kier molecular flexibility index (Phi) is 5.62. The second-order valence-corrected chi connectivity index (χ2v) is 6.06. The predicted octanol–water partition coefficient (Wildman–Crippen LogP) is 1.48. The molecule has 4 N–H and O–H groups in total. The third kappa shape index (κ3) is 5.50. The normalized spacial score (nSPS) is 14.6. The minimum Gasteiger partial charge on any atom is -0.338 e. The fourth-order valence-electron chi connectivity index (χ4n) is 2.05. The molecule has 1 unspecified atom stereocenters. The van der Waals surface area contributed by atoms with Gasteiger partial charge in [-0.05, 0) is 41.0 Å². The quantitative estimate of drug-likeness (QED) is 0.742. The molecule has 0 bridgehead atoms. The molecule has 0 saturated heterocycles. The van der Waals surface area contributed by atoms with Gasteiger partial charge in [0.15, 0.2) is 0 Å². The fourth-order valence-corrected chi connectivity index (χ4v) is 2.05. The van der Waals surface area contributed by atoms with Gasteiger partial charge in [-0.2, -0.15) is 0 Å². The average Bonchev–Trinajstić information content (AvgIpc) is 2.13. The standard InChI is InChI=1S/C13H29N3O/c1-7-11(17)16(8-2)10(13(5,6)15)9-12(3,4)14/h10H,7-9,14-15H2,1-6H3. The molecule has 0 aliphatic rings. The first kappa shape index (κ1) is 16.4. The molecule has 0 aromatic carbocycles. The van der Waals surface area contributed by atoms with Gasteiger partial charge in [-0.25, -0.2) is 0 Å². The Morgan fingerprint density at radius 1 is 1.18 bits per heavy atom. The summed E-state index contributed by atoms with van der Waals surface area (Å²) in [6, 6.07) is -0.0278. The van der Waals surface area contributed by atoms with E-state index in [2.05, 4.69) is 0 Å². The van der Waals surface area contributed by atoms with Crippen molar-refractivity contribution in [3.05, 3.63) is 0 Å². The number of carbonyl (C=O) groups is 1. The summed E-state index contributed by atoms with van der Waals surface area (Å²) in [5.74, 6) is 0.139. The number of rotatable bonds is 6. The molecule has 0 heterocycles. The van der Waals surface area contributed by atoms with Crippen molar-refractivity contribution in [3.63, 3.8) is 0 Å². The summed E-state index contributed by atoms with van der Waals surface area (Å²) in [4.78, 5) is 13.8. The highest BCUT2D eigenvalue weighted by Gasteiger charge is 2.35. The van der Waals surface area contributed by atoms with Crippen LogP contribution in [0.5, 0.6) is 0 Å². The maximum atomic E-state index is 11.9. The Bertz CT molecular complexity index is 250. The van der Waals surface area contributed by atoms with E-state index in [-0.39, 0.29) is 17.5 Å². The second kappa shape index (κ2) is 5.83. The summed E-state index contributed by atoms with van der Waals surface area (Å²) in [6.07, 6.45) is 1.21. The van der Waals surface area contributed by atoms with Crippen LogP contribution in [0.3, 0.4) is 0 Å². The van der Waals surface area contributed by atoms with Gasteiger partial charge in [0.2, 0.25) is 5.91 Å². The number of nitrogens with two attached hydrogens (primary N) is 2. The summed E-state index contributed by atoms with van der Waals surface area (Å²) < 4.78 is 0. The average molecular weight is 243 g/mol. The zero-order chi connectivity index (χ0) is 13.9. The Hall–Kier alpha value is -0.610. The zero-order valence-electron chi connectivity index (χ0n) is 12.2. The summed E-state index contributed by atoms with van der Waals surface area (Å²) in [6.45, 7) is 12.4. The van der Waals surface area contributed by atoms with Gasteiger partial charge < -0.3 is 16.4 Å². The molecule has 0 spiro atoms. The Morgan fingerprint density at radius 3 is 1.88 bits per heavy atom. The van der Waals surface area contributed by atoms with Gasteiger partial charge in [0.25, 0.3) is 0 Å². The number of nitrogens with zero attached hydrogens (tertiary/aromatic N) is 1. The highest BCUT2D eigenvalue weighted by Crippen LogP contribution is 2.22. The van der Waals surface area contributed by atoms with E-state index in [9.17, 15) is 4.79 Å². The molecular formula is C13H29N3O. The number of hydrogen-bond donors (Lipinski definition) is 2. The molecule has 1 amide bonds. The van der Waals surface area contributed by atoms with Crippen LogP contribution in [0.1, 0.15) is 54.4 Å². The van der Waals surface area contributed by atoms with E-state index in [1.165, 1.54) is 0 Å². The molecule has 0 fully saturated rings. The van der Waals surface area contributed by atoms with Gasteiger partial charge in [0, 0.05) is 24.0 Å². The Balaban J connectivity index is 5.09. The van der Waals surface area contributed by atoms with Gasteiger partial charge in [-0.1, -0.05) is 6.92 Å². The highest BCUT2D eigenvalue weighted by atomic mass is 16.2. The van der Waals surface area contributed by atoms with Crippen LogP contribution in [0.4, 0.5) is 0 Å². The topological polar surface area (TPSA) is 72.3 Å². The predicted molar refractivity (Wildman–Crippen MR) is 72.6 cm³/mol. The van der Waals surface area contributed by atoms with E-state index < -0.39 is 5.54 Å². The molecule has 1 atom stereocenters.